The smallest absolute Gasteiger partial charge is 0.340 e. The summed E-state index contributed by atoms with van der Waals surface area (Å²) in [4.78, 5) is 33.1. The number of ether oxygens (including phenoxy) is 1. The van der Waals surface area contributed by atoms with Gasteiger partial charge < -0.3 is 9.64 Å². The molecular formula is C24H25N3O3S. The summed E-state index contributed by atoms with van der Waals surface area (Å²) in [7, 11) is 1.69. The first-order valence-electron chi connectivity index (χ1n) is 10.4. The van der Waals surface area contributed by atoms with Crippen molar-refractivity contribution in [2.75, 3.05) is 18.5 Å². The molecule has 1 aliphatic heterocycles. The Morgan fingerprint density at radius 1 is 1.23 bits per heavy atom. The number of nitrogens with zero attached hydrogens (tertiary/aromatic N) is 3. The number of rotatable bonds is 7. The Morgan fingerprint density at radius 2 is 2.00 bits per heavy atom. The lowest BCUT2D eigenvalue weighted by Crippen LogP contribution is -2.37. The van der Waals surface area contributed by atoms with Crippen LogP contribution in [0, 0.1) is 0 Å². The van der Waals surface area contributed by atoms with Gasteiger partial charge in [-0.05, 0) is 56.0 Å². The van der Waals surface area contributed by atoms with Gasteiger partial charge in [0, 0.05) is 7.05 Å². The molecule has 1 saturated heterocycles. The zero-order chi connectivity index (χ0) is 21.8. The summed E-state index contributed by atoms with van der Waals surface area (Å²) >= 11 is 1.41. The number of thiazole rings is 1. The number of fused-ring (bicyclic) bond motifs is 1. The molecule has 1 fully saturated rings. The molecule has 2 aromatic carbocycles. The number of urea groups is 1. The number of unbranched alkanes of at least 4 members (excludes halogenated alkanes) is 1. The molecule has 0 aliphatic carbocycles. The lowest BCUT2D eigenvalue weighted by molar-refractivity contribution is 0.0331. The Labute approximate surface area is 185 Å². The quantitative estimate of drug-likeness (QED) is 0.289. The third-order valence-corrected chi connectivity index (χ3v) is 6.28. The van der Waals surface area contributed by atoms with E-state index in [1.807, 2.05) is 43.3 Å². The van der Waals surface area contributed by atoms with Crippen LogP contribution < -0.4 is 4.90 Å². The van der Waals surface area contributed by atoms with Crippen LogP contribution >= 0.6 is 11.3 Å². The standard InChI is InChI=1S/C24H25N3O3S/c1-3-4-5-6-9-17-12-14-18(15-13-17)22(28)30-21-16-26(2)24(29)27(21)23-25-19-10-7-8-11-20(19)31-23/h3-4,7-8,10-15,21H,5-6,9,16H2,1-2H3. The minimum atomic E-state index is -0.717. The van der Waals surface area contributed by atoms with Crippen LogP contribution in [0.2, 0.25) is 0 Å². The molecule has 1 unspecified atom stereocenters. The van der Waals surface area contributed by atoms with Crippen molar-refractivity contribution < 1.29 is 14.3 Å². The number of carbonyl (C=O) groups excluding carboxylic acids is 2. The number of aryl methyl sites for hydroxylation is 1. The van der Waals surface area contributed by atoms with Crippen molar-refractivity contribution in [1.29, 1.82) is 0 Å². The number of hydrogen-bond donors (Lipinski definition) is 0. The highest BCUT2D eigenvalue weighted by Gasteiger charge is 2.40. The van der Waals surface area contributed by atoms with Crippen molar-refractivity contribution in [3.05, 3.63) is 71.8 Å². The topological polar surface area (TPSA) is 62.7 Å². The fraction of sp³-hybridized carbons (Fsp3) is 0.292. The van der Waals surface area contributed by atoms with Crippen LogP contribution in [0.15, 0.2) is 60.7 Å². The lowest BCUT2D eigenvalue weighted by atomic mass is 10.1. The molecule has 0 bridgehead atoms. The van der Waals surface area contributed by atoms with Crippen LogP contribution in [0.25, 0.3) is 10.2 Å². The molecule has 2 amide bonds. The van der Waals surface area contributed by atoms with Crippen molar-refractivity contribution in [2.45, 2.75) is 32.4 Å². The number of para-hydroxylation sites is 1. The molecule has 160 valence electrons. The van der Waals surface area contributed by atoms with E-state index >= 15 is 0 Å². The summed E-state index contributed by atoms with van der Waals surface area (Å²) in [6, 6.07) is 15.0. The molecule has 0 N–H and O–H groups in total. The number of likely N-dealkylation sites (N-methyl/N-ethyl adjacent to an activating group) is 1. The van der Waals surface area contributed by atoms with Gasteiger partial charge in [0.05, 0.1) is 22.3 Å². The highest BCUT2D eigenvalue weighted by Crippen LogP contribution is 2.33. The summed E-state index contributed by atoms with van der Waals surface area (Å²) in [6.07, 6.45) is 6.58. The first-order chi connectivity index (χ1) is 15.1. The molecule has 4 rings (SSSR count). The maximum Gasteiger partial charge on any atom is 0.340 e. The highest BCUT2D eigenvalue weighted by molar-refractivity contribution is 7.22. The average molecular weight is 436 g/mol. The molecule has 31 heavy (non-hydrogen) atoms. The summed E-state index contributed by atoms with van der Waals surface area (Å²) in [5.41, 5.74) is 2.48. The van der Waals surface area contributed by atoms with E-state index in [0.29, 0.717) is 17.2 Å². The van der Waals surface area contributed by atoms with Gasteiger partial charge in [0.15, 0.2) is 5.13 Å². The third-order valence-electron chi connectivity index (χ3n) is 5.24. The molecule has 0 spiro atoms. The van der Waals surface area contributed by atoms with Crippen LogP contribution in [0.3, 0.4) is 0 Å². The Hall–Kier alpha value is -3.19. The Balaban J connectivity index is 1.46. The van der Waals surface area contributed by atoms with Crippen molar-refractivity contribution in [2.24, 2.45) is 0 Å². The van der Waals surface area contributed by atoms with E-state index in [1.54, 1.807) is 19.2 Å². The van der Waals surface area contributed by atoms with E-state index in [2.05, 4.69) is 17.1 Å². The number of amides is 2. The number of hydrogen-bond acceptors (Lipinski definition) is 5. The Morgan fingerprint density at radius 3 is 2.74 bits per heavy atom. The first-order valence-corrected chi connectivity index (χ1v) is 11.2. The second kappa shape index (κ2) is 9.31. The van der Waals surface area contributed by atoms with Crippen molar-refractivity contribution >= 4 is 38.7 Å². The second-order valence-corrected chi connectivity index (χ2v) is 8.52. The van der Waals surface area contributed by atoms with E-state index in [4.69, 9.17) is 4.74 Å². The van der Waals surface area contributed by atoms with E-state index in [-0.39, 0.29) is 6.03 Å². The van der Waals surface area contributed by atoms with E-state index < -0.39 is 12.2 Å². The van der Waals surface area contributed by atoms with Gasteiger partial charge in [0.25, 0.3) is 0 Å². The predicted molar refractivity (Wildman–Crippen MR) is 124 cm³/mol. The van der Waals surface area contributed by atoms with Crippen LogP contribution in [-0.2, 0) is 11.2 Å². The van der Waals surface area contributed by atoms with Gasteiger partial charge >= 0.3 is 12.0 Å². The van der Waals surface area contributed by atoms with Gasteiger partial charge in [0.2, 0.25) is 6.23 Å². The van der Waals surface area contributed by atoms with Crippen LogP contribution in [0.1, 0.15) is 35.7 Å². The maximum atomic E-state index is 12.8. The SMILES string of the molecule is CC=CCCCc1ccc(C(=O)OC2CN(C)C(=O)N2c2nc3ccccc3s2)cc1. The van der Waals surface area contributed by atoms with E-state index in [9.17, 15) is 9.59 Å². The van der Waals surface area contributed by atoms with Crippen LogP contribution in [-0.4, -0.2) is 41.7 Å². The summed E-state index contributed by atoms with van der Waals surface area (Å²) in [6.45, 7) is 2.32. The third kappa shape index (κ3) is 4.61. The van der Waals surface area contributed by atoms with Crippen molar-refractivity contribution in [3.63, 3.8) is 0 Å². The molecule has 7 heteroatoms. The predicted octanol–water partition coefficient (Wildman–Crippen LogP) is 5.25. The fourth-order valence-electron chi connectivity index (χ4n) is 3.55. The van der Waals surface area contributed by atoms with Crippen molar-refractivity contribution in [1.82, 2.24) is 9.88 Å². The number of benzene rings is 2. The lowest BCUT2D eigenvalue weighted by Gasteiger charge is -2.20. The number of aromatic nitrogens is 1. The van der Waals surface area contributed by atoms with Crippen LogP contribution in [0.4, 0.5) is 9.93 Å². The maximum absolute atomic E-state index is 12.8. The Bertz CT molecular complexity index is 1070. The number of esters is 1. The molecule has 6 nitrogen and oxygen atoms in total. The first kappa shape index (κ1) is 21.1. The number of allylic oxidation sites excluding steroid dienone is 2. The molecule has 0 saturated carbocycles. The van der Waals surface area contributed by atoms with Gasteiger partial charge in [-0.15, -0.1) is 0 Å². The molecule has 1 atom stereocenters. The molecule has 2 heterocycles. The summed E-state index contributed by atoms with van der Waals surface area (Å²) < 4.78 is 6.72. The van der Waals surface area contributed by atoms with E-state index in [1.165, 1.54) is 26.7 Å². The second-order valence-electron chi connectivity index (χ2n) is 7.52. The van der Waals surface area contributed by atoms with Gasteiger partial charge in [-0.2, -0.15) is 0 Å². The van der Waals surface area contributed by atoms with Crippen molar-refractivity contribution in [3.8, 4) is 0 Å². The van der Waals surface area contributed by atoms with Gasteiger partial charge in [-0.3, -0.25) is 0 Å². The largest absolute Gasteiger partial charge is 0.435 e. The van der Waals surface area contributed by atoms with Gasteiger partial charge in [-0.25, -0.2) is 19.5 Å². The molecule has 0 radical (unpaired) electrons. The Kier molecular flexibility index (Phi) is 6.32. The average Bonchev–Trinajstić information content (AvgIpc) is 3.31. The molecular weight excluding hydrogens is 410 g/mol. The highest BCUT2D eigenvalue weighted by atomic mass is 32.1. The minimum absolute atomic E-state index is 0.228. The summed E-state index contributed by atoms with van der Waals surface area (Å²) in [5, 5.41) is 0.532. The minimum Gasteiger partial charge on any atom is -0.435 e. The monoisotopic (exact) mass is 435 g/mol. The van der Waals surface area contributed by atoms with Gasteiger partial charge in [-0.1, -0.05) is 47.8 Å². The fourth-order valence-corrected chi connectivity index (χ4v) is 4.55. The molecule has 1 aliphatic rings. The zero-order valence-electron chi connectivity index (χ0n) is 17.7. The number of carbonyl (C=O) groups is 2. The van der Waals surface area contributed by atoms with E-state index in [0.717, 1.165) is 29.5 Å². The number of anilines is 1. The molecule has 3 aromatic rings. The normalized spacial score (nSPS) is 16.6. The molecule has 1 aromatic heterocycles. The van der Waals surface area contributed by atoms with Gasteiger partial charge in [0.1, 0.15) is 0 Å². The van der Waals surface area contributed by atoms with Crippen LogP contribution in [0.5, 0.6) is 0 Å². The summed E-state index contributed by atoms with van der Waals surface area (Å²) in [5.74, 6) is -0.445. The zero-order valence-corrected chi connectivity index (χ0v) is 18.5.